The molecule has 0 spiro atoms. The third-order valence-electron chi connectivity index (χ3n) is 4.89. The van der Waals surface area contributed by atoms with Crippen LogP contribution in [0.25, 0.3) is 0 Å². The lowest BCUT2D eigenvalue weighted by Gasteiger charge is -2.25. The molecule has 0 aliphatic carbocycles. The van der Waals surface area contributed by atoms with Gasteiger partial charge in [-0.1, -0.05) is 26.0 Å². The van der Waals surface area contributed by atoms with Gasteiger partial charge in [-0.25, -0.2) is 0 Å². The van der Waals surface area contributed by atoms with Crippen LogP contribution in [0, 0.1) is 5.92 Å². The SMILES string of the molecule is CC(C)[C@H](COc1cccc2c1OC(C)(C)O2)Nc1cccc2c1OC(C)(C)O2. The van der Waals surface area contributed by atoms with Crippen LogP contribution in [-0.2, 0) is 0 Å². The van der Waals surface area contributed by atoms with E-state index in [-0.39, 0.29) is 6.04 Å². The Balaban J connectivity index is 1.49. The maximum atomic E-state index is 6.16. The molecule has 0 saturated carbocycles. The fraction of sp³-hybridized carbons (Fsp3) is 0.478. The molecular weight excluding hydrogens is 370 g/mol. The second-order valence-electron chi connectivity index (χ2n) is 8.73. The summed E-state index contributed by atoms with van der Waals surface area (Å²) < 4.78 is 29.7. The van der Waals surface area contributed by atoms with Gasteiger partial charge >= 0.3 is 0 Å². The minimum absolute atomic E-state index is 0.0556. The van der Waals surface area contributed by atoms with Crippen LogP contribution in [0.15, 0.2) is 36.4 Å². The Kier molecular flexibility index (Phi) is 4.68. The van der Waals surface area contributed by atoms with Gasteiger partial charge in [0.05, 0.1) is 11.7 Å². The molecule has 6 nitrogen and oxygen atoms in total. The molecule has 0 bridgehead atoms. The first-order valence-electron chi connectivity index (χ1n) is 10.0. The molecule has 0 aromatic heterocycles. The van der Waals surface area contributed by atoms with Crippen molar-refractivity contribution in [3.05, 3.63) is 36.4 Å². The highest BCUT2D eigenvalue weighted by atomic mass is 16.7. The van der Waals surface area contributed by atoms with Crippen molar-refractivity contribution >= 4 is 5.69 Å². The molecule has 1 N–H and O–H groups in total. The van der Waals surface area contributed by atoms with Crippen LogP contribution in [0.2, 0.25) is 0 Å². The fourth-order valence-electron chi connectivity index (χ4n) is 3.45. The first kappa shape index (κ1) is 19.6. The van der Waals surface area contributed by atoms with Crippen LogP contribution < -0.4 is 29.0 Å². The maximum absolute atomic E-state index is 6.16. The molecule has 2 aliphatic rings. The number of benzene rings is 2. The van der Waals surface area contributed by atoms with Crippen LogP contribution in [0.1, 0.15) is 41.5 Å². The molecule has 2 heterocycles. The summed E-state index contributed by atoms with van der Waals surface area (Å²) in [7, 11) is 0. The predicted molar refractivity (Wildman–Crippen MR) is 111 cm³/mol. The monoisotopic (exact) mass is 399 g/mol. The van der Waals surface area contributed by atoms with Crippen LogP contribution in [0.4, 0.5) is 5.69 Å². The molecule has 0 unspecified atom stereocenters. The molecule has 2 aromatic rings. The number of nitrogens with one attached hydrogen (secondary N) is 1. The molecule has 29 heavy (non-hydrogen) atoms. The lowest BCUT2D eigenvalue weighted by Crippen LogP contribution is -2.33. The normalized spacial score (nSPS) is 18.6. The molecule has 0 saturated heterocycles. The summed E-state index contributed by atoms with van der Waals surface area (Å²) in [5, 5.41) is 3.57. The van der Waals surface area contributed by atoms with Crippen molar-refractivity contribution in [3.8, 4) is 28.7 Å². The topological polar surface area (TPSA) is 58.2 Å². The van der Waals surface area contributed by atoms with Gasteiger partial charge in [-0.05, 0) is 30.2 Å². The Morgan fingerprint density at radius 3 is 2.07 bits per heavy atom. The first-order chi connectivity index (χ1) is 13.6. The van der Waals surface area contributed by atoms with Gasteiger partial charge in [0.1, 0.15) is 6.61 Å². The summed E-state index contributed by atoms with van der Waals surface area (Å²) in [5.41, 5.74) is 0.898. The number of fused-ring (bicyclic) bond motifs is 2. The van der Waals surface area contributed by atoms with E-state index in [0.29, 0.717) is 29.8 Å². The van der Waals surface area contributed by atoms with E-state index in [1.807, 2.05) is 64.1 Å². The number of ether oxygens (including phenoxy) is 5. The van der Waals surface area contributed by atoms with Gasteiger partial charge in [0.25, 0.3) is 0 Å². The highest BCUT2D eigenvalue weighted by Gasteiger charge is 2.35. The molecule has 156 valence electrons. The summed E-state index contributed by atoms with van der Waals surface area (Å²) in [6.45, 7) is 12.3. The molecule has 0 amide bonds. The Bertz CT molecular complexity index is 906. The van der Waals surface area contributed by atoms with Crippen molar-refractivity contribution in [2.75, 3.05) is 11.9 Å². The maximum Gasteiger partial charge on any atom is 0.246 e. The van der Waals surface area contributed by atoms with Gasteiger partial charge in [0.15, 0.2) is 23.0 Å². The summed E-state index contributed by atoms with van der Waals surface area (Å²) in [4.78, 5) is 0. The van der Waals surface area contributed by atoms with Gasteiger partial charge in [-0.2, -0.15) is 0 Å². The van der Waals surface area contributed by atoms with Crippen molar-refractivity contribution in [2.45, 2.75) is 59.2 Å². The third kappa shape index (κ3) is 4.02. The van der Waals surface area contributed by atoms with E-state index in [2.05, 4.69) is 19.2 Å². The molecule has 2 aliphatic heterocycles. The minimum atomic E-state index is -0.688. The molecule has 0 fully saturated rings. The van der Waals surface area contributed by atoms with Crippen molar-refractivity contribution in [3.63, 3.8) is 0 Å². The van der Waals surface area contributed by atoms with E-state index in [4.69, 9.17) is 23.7 Å². The lowest BCUT2D eigenvalue weighted by molar-refractivity contribution is -0.0444. The zero-order chi connectivity index (χ0) is 20.8. The van der Waals surface area contributed by atoms with Gasteiger partial charge in [0.2, 0.25) is 17.3 Å². The third-order valence-corrected chi connectivity index (χ3v) is 4.89. The largest absolute Gasteiger partial charge is 0.487 e. The summed E-state index contributed by atoms with van der Waals surface area (Å²) >= 11 is 0. The summed E-state index contributed by atoms with van der Waals surface area (Å²) in [6.07, 6.45) is 0. The van der Waals surface area contributed by atoms with Crippen molar-refractivity contribution in [2.24, 2.45) is 5.92 Å². The van der Waals surface area contributed by atoms with Crippen LogP contribution >= 0.6 is 0 Å². The minimum Gasteiger partial charge on any atom is -0.487 e. The smallest absolute Gasteiger partial charge is 0.246 e. The van der Waals surface area contributed by atoms with Gasteiger partial charge in [0, 0.05) is 27.7 Å². The Hall–Kier alpha value is -2.76. The fourth-order valence-corrected chi connectivity index (χ4v) is 3.45. The van der Waals surface area contributed by atoms with E-state index in [9.17, 15) is 0 Å². The van der Waals surface area contributed by atoms with Crippen LogP contribution in [-0.4, -0.2) is 24.2 Å². The van der Waals surface area contributed by atoms with Crippen molar-refractivity contribution < 1.29 is 23.7 Å². The summed E-state index contributed by atoms with van der Waals surface area (Å²) in [5.74, 6) is 2.49. The second-order valence-corrected chi connectivity index (χ2v) is 8.73. The van der Waals surface area contributed by atoms with Gasteiger partial charge in [-0.15, -0.1) is 0 Å². The standard InChI is InChI=1S/C23H29NO5/c1-14(2)16(24-15-9-7-11-18-20(15)28-22(3,4)26-18)13-25-17-10-8-12-19-21(17)29-23(5,6)27-19/h7-12,14,16,24H,13H2,1-6H3/t16-/m0/s1. The number of anilines is 1. The molecular formula is C23H29NO5. The molecule has 1 atom stereocenters. The highest BCUT2D eigenvalue weighted by molar-refractivity contribution is 5.65. The van der Waals surface area contributed by atoms with E-state index in [1.54, 1.807) is 0 Å². The number of hydrogen-bond acceptors (Lipinski definition) is 6. The van der Waals surface area contributed by atoms with E-state index >= 15 is 0 Å². The average Bonchev–Trinajstić information content (AvgIpc) is 3.11. The summed E-state index contributed by atoms with van der Waals surface area (Å²) in [6, 6.07) is 11.6. The van der Waals surface area contributed by atoms with E-state index in [0.717, 1.165) is 17.2 Å². The van der Waals surface area contributed by atoms with Crippen molar-refractivity contribution in [1.82, 2.24) is 0 Å². The van der Waals surface area contributed by atoms with Crippen molar-refractivity contribution in [1.29, 1.82) is 0 Å². The zero-order valence-corrected chi connectivity index (χ0v) is 17.9. The Morgan fingerprint density at radius 1 is 0.828 bits per heavy atom. The predicted octanol–water partition coefficient (Wildman–Crippen LogP) is 5.22. The van der Waals surface area contributed by atoms with Crippen LogP contribution in [0.3, 0.4) is 0 Å². The quantitative estimate of drug-likeness (QED) is 0.719. The molecule has 6 heteroatoms. The molecule has 2 aromatic carbocycles. The number of rotatable bonds is 6. The van der Waals surface area contributed by atoms with E-state index in [1.165, 1.54) is 0 Å². The van der Waals surface area contributed by atoms with Gasteiger partial charge in [-0.3, -0.25) is 0 Å². The van der Waals surface area contributed by atoms with E-state index < -0.39 is 11.6 Å². The number of para-hydroxylation sites is 2. The first-order valence-corrected chi connectivity index (χ1v) is 10.0. The second kappa shape index (κ2) is 6.94. The lowest BCUT2D eigenvalue weighted by atomic mass is 10.0. The zero-order valence-electron chi connectivity index (χ0n) is 17.9. The van der Waals surface area contributed by atoms with Gasteiger partial charge < -0.3 is 29.0 Å². The highest BCUT2D eigenvalue weighted by Crippen LogP contribution is 2.46. The Morgan fingerprint density at radius 2 is 1.41 bits per heavy atom. The molecule has 4 rings (SSSR count). The molecule has 0 radical (unpaired) electrons. The Labute approximate surface area is 172 Å². The number of hydrogen-bond donors (Lipinski definition) is 1. The van der Waals surface area contributed by atoms with Crippen LogP contribution in [0.5, 0.6) is 28.7 Å². The average molecular weight is 399 g/mol.